The van der Waals surface area contributed by atoms with Gasteiger partial charge in [0.1, 0.15) is 29.7 Å². The largest absolute Gasteiger partial charge is 0.497 e. The van der Waals surface area contributed by atoms with Gasteiger partial charge in [0.2, 0.25) is 5.78 Å². The van der Waals surface area contributed by atoms with E-state index in [0.29, 0.717) is 30.3 Å². The summed E-state index contributed by atoms with van der Waals surface area (Å²) >= 11 is 0. The zero-order chi connectivity index (χ0) is 23.7. The molecular formula is C28H27NO5. The molecule has 174 valence electrons. The molecule has 6 nitrogen and oxygen atoms in total. The Balaban J connectivity index is 1.35. The van der Waals surface area contributed by atoms with E-state index in [2.05, 4.69) is 17.0 Å². The van der Waals surface area contributed by atoms with Gasteiger partial charge in [0.25, 0.3) is 0 Å². The van der Waals surface area contributed by atoms with Crippen LogP contribution in [0.25, 0.3) is 6.08 Å². The molecule has 5 rings (SSSR count). The fourth-order valence-electron chi connectivity index (χ4n) is 4.35. The van der Waals surface area contributed by atoms with Gasteiger partial charge < -0.3 is 18.9 Å². The number of hydrogen-bond acceptors (Lipinski definition) is 6. The summed E-state index contributed by atoms with van der Waals surface area (Å²) in [6.07, 6.45) is 2.66. The zero-order valence-electron chi connectivity index (χ0n) is 19.6. The molecular weight excluding hydrogens is 430 g/mol. The molecule has 2 aliphatic rings. The van der Waals surface area contributed by atoms with Crippen molar-refractivity contribution in [1.29, 1.82) is 0 Å². The van der Waals surface area contributed by atoms with Crippen LogP contribution < -0.4 is 18.9 Å². The van der Waals surface area contributed by atoms with Crippen LogP contribution >= 0.6 is 0 Å². The van der Waals surface area contributed by atoms with Crippen molar-refractivity contribution in [2.45, 2.75) is 19.9 Å². The van der Waals surface area contributed by atoms with Crippen LogP contribution in [0.2, 0.25) is 0 Å². The SMILES string of the molecule is COc1ccc(/C=C2/Oc3c4c(cc(C)c3C2=O)OCN(CCc2ccc(OC)cc2)C4)cc1. The summed E-state index contributed by atoms with van der Waals surface area (Å²) in [6, 6.07) is 17.6. The molecule has 0 fully saturated rings. The van der Waals surface area contributed by atoms with Crippen LogP contribution in [0.1, 0.15) is 32.6 Å². The van der Waals surface area contributed by atoms with Crippen molar-refractivity contribution in [1.82, 2.24) is 4.90 Å². The van der Waals surface area contributed by atoms with E-state index in [-0.39, 0.29) is 5.78 Å². The summed E-state index contributed by atoms with van der Waals surface area (Å²) in [5.74, 6) is 3.25. The first-order valence-corrected chi connectivity index (χ1v) is 11.3. The Hall–Kier alpha value is -3.77. The fourth-order valence-corrected chi connectivity index (χ4v) is 4.35. The van der Waals surface area contributed by atoms with E-state index < -0.39 is 0 Å². The maximum absolute atomic E-state index is 13.2. The minimum Gasteiger partial charge on any atom is -0.497 e. The van der Waals surface area contributed by atoms with Crippen molar-refractivity contribution in [3.8, 4) is 23.0 Å². The molecule has 0 radical (unpaired) electrons. The third-order valence-corrected chi connectivity index (χ3v) is 6.28. The van der Waals surface area contributed by atoms with E-state index in [1.54, 1.807) is 20.3 Å². The molecule has 0 saturated carbocycles. The lowest BCUT2D eigenvalue weighted by atomic mass is 9.98. The monoisotopic (exact) mass is 457 g/mol. The number of ether oxygens (including phenoxy) is 4. The van der Waals surface area contributed by atoms with Gasteiger partial charge in [-0.25, -0.2) is 0 Å². The second-order valence-corrected chi connectivity index (χ2v) is 8.51. The van der Waals surface area contributed by atoms with Gasteiger partial charge in [-0.1, -0.05) is 24.3 Å². The predicted octanol–water partition coefficient (Wildman–Crippen LogP) is 5.02. The Morgan fingerprint density at radius 3 is 2.35 bits per heavy atom. The second-order valence-electron chi connectivity index (χ2n) is 8.51. The Labute approximate surface area is 199 Å². The van der Waals surface area contributed by atoms with Crippen LogP contribution in [0, 0.1) is 6.92 Å². The van der Waals surface area contributed by atoms with E-state index in [1.165, 1.54) is 5.56 Å². The Morgan fingerprint density at radius 1 is 1.00 bits per heavy atom. The van der Waals surface area contributed by atoms with E-state index in [4.69, 9.17) is 18.9 Å². The van der Waals surface area contributed by atoms with E-state index >= 15 is 0 Å². The number of benzene rings is 3. The molecule has 0 amide bonds. The van der Waals surface area contributed by atoms with Crippen LogP contribution in [-0.2, 0) is 13.0 Å². The standard InChI is InChI=1S/C28H27NO5/c1-18-14-24-23(16-29(17-33-24)13-12-19-4-8-21(31-2)9-5-19)28-26(18)27(30)25(34-28)15-20-6-10-22(32-3)11-7-20/h4-11,14-15H,12-13,16-17H2,1-3H3/b25-15+. The Morgan fingerprint density at radius 2 is 1.68 bits per heavy atom. The van der Waals surface area contributed by atoms with Crippen molar-refractivity contribution in [3.05, 3.63) is 88.2 Å². The van der Waals surface area contributed by atoms with Gasteiger partial charge >= 0.3 is 0 Å². The van der Waals surface area contributed by atoms with Gasteiger partial charge in [0, 0.05) is 13.1 Å². The lowest BCUT2D eigenvalue weighted by Crippen LogP contribution is -2.33. The highest BCUT2D eigenvalue weighted by atomic mass is 16.5. The van der Waals surface area contributed by atoms with E-state index in [9.17, 15) is 4.79 Å². The van der Waals surface area contributed by atoms with Gasteiger partial charge in [-0.3, -0.25) is 9.69 Å². The second kappa shape index (κ2) is 9.23. The fraction of sp³-hybridized carbons (Fsp3) is 0.250. The Bertz CT molecular complexity index is 1250. The van der Waals surface area contributed by atoms with Gasteiger partial charge in [0.15, 0.2) is 5.76 Å². The van der Waals surface area contributed by atoms with Gasteiger partial charge in [0.05, 0.1) is 25.3 Å². The quantitative estimate of drug-likeness (QED) is 0.485. The molecule has 0 spiro atoms. The lowest BCUT2D eigenvalue weighted by Gasteiger charge is -2.30. The maximum atomic E-state index is 13.2. The molecule has 6 heteroatoms. The number of carbonyl (C=O) groups excluding carboxylic acids is 1. The summed E-state index contributed by atoms with van der Waals surface area (Å²) in [4.78, 5) is 15.4. The number of hydrogen-bond donors (Lipinski definition) is 0. The third kappa shape index (κ3) is 4.24. The van der Waals surface area contributed by atoms with Crippen LogP contribution in [0.5, 0.6) is 23.0 Å². The van der Waals surface area contributed by atoms with Crippen molar-refractivity contribution in [2.75, 3.05) is 27.5 Å². The molecule has 0 aliphatic carbocycles. The molecule has 34 heavy (non-hydrogen) atoms. The summed E-state index contributed by atoms with van der Waals surface area (Å²) in [5, 5.41) is 0. The summed E-state index contributed by atoms with van der Waals surface area (Å²) < 4.78 is 22.7. The number of aryl methyl sites for hydroxylation is 1. The number of ketones is 1. The van der Waals surface area contributed by atoms with Crippen LogP contribution in [0.3, 0.4) is 0 Å². The van der Waals surface area contributed by atoms with Crippen molar-refractivity contribution < 1.29 is 23.7 Å². The maximum Gasteiger partial charge on any atom is 0.232 e. The van der Waals surface area contributed by atoms with Crippen molar-refractivity contribution >= 4 is 11.9 Å². The molecule has 3 aromatic rings. The highest BCUT2D eigenvalue weighted by Crippen LogP contribution is 2.44. The highest BCUT2D eigenvalue weighted by Gasteiger charge is 2.35. The molecule has 0 unspecified atom stereocenters. The zero-order valence-corrected chi connectivity index (χ0v) is 19.6. The molecule has 0 atom stereocenters. The third-order valence-electron chi connectivity index (χ3n) is 6.28. The molecule has 0 N–H and O–H groups in total. The summed E-state index contributed by atoms with van der Waals surface area (Å²) in [5.41, 5.74) is 4.52. The molecule has 0 aromatic heterocycles. The normalized spacial score (nSPS) is 16.0. The lowest BCUT2D eigenvalue weighted by molar-refractivity contribution is 0.0949. The number of carbonyl (C=O) groups is 1. The number of fused-ring (bicyclic) bond motifs is 3. The average molecular weight is 458 g/mol. The van der Waals surface area contributed by atoms with Crippen LogP contribution in [-0.4, -0.2) is 38.2 Å². The van der Waals surface area contributed by atoms with Gasteiger partial charge in [-0.15, -0.1) is 0 Å². The number of allylic oxidation sites excluding steroid dienone is 1. The van der Waals surface area contributed by atoms with Gasteiger partial charge in [-0.05, 0) is 66.4 Å². The molecule has 3 aromatic carbocycles. The first-order chi connectivity index (χ1) is 16.6. The smallest absolute Gasteiger partial charge is 0.232 e. The number of Topliss-reactive ketones (excluding diaryl/α,β-unsaturated/α-hetero) is 1. The first kappa shape index (κ1) is 22.0. The topological polar surface area (TPSA) is 57.2 Å². The highest BCUT2D eigenvalue weighted by molar-refractivity contribution is 6.15. The summed E-state index contributed by atoms with van der Waals surface area (Å²) in [7, 11) is 3.30. The van der Waals surface area contributed by atoms with E-state index in [1.807, 2.05) is 49.4 Å². The molecule has 0 saturated heterocycles. The first-order valence-electron chi connectivity index (χ1n) is 11.3. The Kier molecular flexibility index (Phi) is 5.99. The van der Waals surface area contributed by atoms with Crippen LogP contribution in [0.15, 0.2) is 60.4 Å². The van der Waals surface area contributed by atoms with Crippen molar-refractivity contribution in [3.63, 3.8) is 0 Å². The molecule has 0 bridgehead atoms. The molecule has 2 heterocycles. The molecule has 2 aliphatic heterocycles. The number of methoxy groups -OCH3 is 2. The van der Waals surface area contributed by atoms with Crippen molar-refractivity contribution in [2.24, 2.45) is 0 Å². The van der Waals surface area contributed by atoms with E-state index in [0.717, 1.165) is 46.9 Å². The number of rotatable bonds is 6. The minimum atomic E-state index is -0.0959. The average Bonchev–Trinajstić information content (AvgIpc) is 3.20. The minimum absolute atomic E-state index is 0.0959. The summed E-state index contributed by atoms with van der Waals surface area (Å²) in [6.45, 7) is 3.92. The number of nitrogens with zero attached hydrogens (tertiary/aromatic N) is 1. The van der Waals surface area contributed by atoms with Gasteiger partial charge in [-0.2, -0.15) is 0 Å². The predicted molar refractivity (Wildman–Crippen MR) is 130 cm³/mol. The van der Waals surface area contributed by atoms with Crippen LogP contribution in [0.4, 0.5) is 0 Å².